The van der Waals surface area contributed by atoms with Crippen LogP contribution >= 0.6 is 11.8 Å². The number of rotatable bonds is 5. The molecule has 2 aliphatic rings. The molecule has 2 aromatic rings. The number of nitrogens with zero attached hydrogens (tertiary/aromatic N) is 2. The van der Waals surface area contributed by atoms with E-state index in [1.165, 1.54) is 30.3 Å². The summed E-state index contributed by atoms with van der Waals surface area (Å²) in [6.45, 7) is 3.84. The summed E-state index contributed by atoms with van der Waals surface area (Å²) in [6.07, 6.45) is 0.560. The molecule has 9 heteroatoms. The van der Waals surface area contributed by atoms with Crippen molar-refractivity contribution in [2.24, 2.45) is 11.0 Å². The van der Waals surface area contributed by atoms with Gasteiger partial charge in [0, 0.05) is 24.2 Å². The molecule has 170 valence electrons. The molecule has 0 fully saturated rings. The monoisotopic (exact) mass is 464 g/mol. The van der Waals surface area contributed by atoms with E-state index in [-0.39, 0.29) is 23.1 Å². The zero-order chi connectivity index (χ0) is 23.0. The molecule has 0 radical (unpaired) electrons. The number of benzene rings is 2. The number of hydrazone groups is 1. The Morgan fingerprint density at radius 3 is 2.72 bits per heavy atom. The van der Waals surface area contributed by atoms with Crippen LogP contribution in [0.1, 0.15) is 37.8 Å². The molecular weight excluding hydrogens is 441 g/mol. The Kier molecular flexibility index (Phi) is 6.22. The van der Waals surface area contributed by atoms with E-state index in [0.717, 1.165) is 36.4 Å². The Morgan fingerprint density at radius 2 is 2.00 bits per heavy atom. The lowest BCUT2D eigenvalue weighted by molar-refractivity contribution is -0.147. The van der Waals surface area contributed by atoms with Crippen molar-refractivity contribution in [2.75, 3.05) is 13.7 Å². The van der Waals surface area contributed by atoms with E-state index in [1.807, 2.05) is 6.92 Å². The molecule has 5 nitrogen and oxygen atoms in total. The van der Waals surface area contributed by atoms with E-state index in [0.29, 0.717) is 17.7 Å². The molecule has 0 N–H and O–H groups in total. The molecule has 1 spiro atoms. The lowest BCUT2D eigenvalue weighted by atomic mass is 9.85. The first-order valence-electron chi connectivity index (χ1n) is 10.3. The van der Waals surface area contributed by atoms with Gasteiger partial charge in [-0.2, -0.15) is 5.10 Å². The van der Waals surface area contributed by atoms with Crippen molar-refractivity contribution >= 4 is 22.7 Å². The second kappa shape index (κ2) is 8.78. The van der Waals surface area contributed by atoms with Crippen LogP contribution in [0.2, 0.25) is 0 Å². The van der Waals surface area contributed by atoms with Crippen LogP contribution in [0.4, 0.5) is 13.2 Å². The third kappa shape index (κ3) is 3.67. The van der Waals surface area contributed by atoms with Crippen LogP contribution in [-0.4, -0.2) is 35.8 Å². The van der Waals surface area contributed by atoms with Gasteiger partial charge in [0.15, 0.2) is 4.87 Å². The number of fused-ring (bicyclic) bond motifs is 2. The van der Waals surface area contributed by atoms with Crippen LogP contribution in [0.3, 0.4) is 0 Å². The van der Waals surface area contributed by atoms with Gasteiger partial charge in [-0.05, 0) is 49.7 Å². The van der Waals surface area contributed by atoms with Crippen LogP contribution in [0.25, 0.3) is 0 Å². The van der Waals surface area contributed by atoms with Gasteiger partial charge in [-0.25, -0.2) is 18.2 Å². The van der Waals surface area contributed by atoms with Gasteiger partial charge in [0.1, 0.15) is 34.3 Å². The zero-order valence-electron chi connectivity index (χ0n) is 17.9. The smallest absolute Gasteiger partial charge is 0.273 e. The zero-order valence-corrected chi connectivity index (χ0v) is 18.7. The normalized spacial score (nSPS) is 23.0. The van der Waals surface area contributed by atoms with Crippen molar-refractivity contribution in [3.63, 3.8) is 0 Å². The van der Waals surface area contributed by atoms with Crippen molar-refractivity contribution in [2.45, 2.75) is 37.7 Å². The summed E-state index contributed by atoms with van der Waals surface area (Å²) in [5.41, 5.74) is 0.369. The Hall–Kier alpha value is -2.52. The second-order valence-corrected chi connectivity index (χ2v) is 9.01. The molecule has 0 saturated heterocycles. The van der Waals surface area contributed by atoms with Crippen LogP contribution in [0.15, 0.2) is 41.5 Å². The number of ether oxygens (including phenoxy) is 2. The summed E-state index contributed by atoms with van der Waals surface area (Å²) < 4.78 is 54.2. The number of carbonyl (C=O) groups excluding carboxylic acids is 1. The Bertz CT molecular complexity index is 1080. The summed E-state index contributed by atoms with van der Waals surface area (Å²) in [5, 5.41) is 5.86. The minimum Gasteiger partial charge on any atom is -0.493 e. The van der Waals surface area contributed by atoms with Crippen molar-refractivity contribution in [1.29, 1.82) is 0 Å². The van der Waals surface area contributed by atoms with Crippen molar-refractivity contribution in [3.8, 4) is 5.75 Å². The van der Waals surface area contributed by atoms with Crippen LogP contribution in [-0.2, 0) is 14.4 Å². The Labute approximate surface area is 188 Å². The number of hydrogen-bond donors (Lipinski definition) is 0. The first-order valence-corrected chi connectivity index (χ1v) is 11.2. The summed E-state index contributed by atoms with van der Waals surface area (Å²) in [4.78, 5) is 12.2. The highest BCUT2D eigenvalue weighted by molar-refractivity contribution is 8.15. The van der Waals surface area contributed by atoms with E-state index in [9.17, 15) is 18.0 Å². The summed E-state index contributed by atoms with van der Waals surface area (Å²) >= 11 is 1.12. The number of methoxy groups -OCH3 is 1. The maximum absolute atomic E-state index is 14.7. The van der Waals surface area contributed by atoms with E-state index in [4.69, 9.17) is 9.47 Å². The lowest BCUT2D eigenvalue weighted by Crippen LogP contribution is -2.53. The summed E-state index contributed by atoms with van der Waals surface area (Å²) in [5.74, 6) is -2.12. The average Bonchev–Trinajstić information content (AvgIpc) is 3.17. The second-order valence-electron chi connectivity index (χ2n) is 7.79. The molecule has 2 heterocycles. The van der Waals surface area contributed by atoms with E-state index >= 15 is 0 Å². The van der Waals surface area contributed by atoms with Gasteiger partial charge in [-0.15, -0.1) is 0 Å². The predicted octanol–water partition coefficient (Wildman–Crippen LogP) is 5.04. The van der Waals surface area contributed by atoms with Crippen LogP contribution in [0.5, 0.6) is 5.75 Å². The predicted molar refractivity (Wildman–Crippen MR) is 116 cm³/mol. The minimum atomic E-state index is -1.19. The first kappa shape index (κ1) is 22.7. The molecule has 2 aliphatic heterocycles. The molecule has 0 saturated carbocycles. The van der Waals surface area contributed by atoms with E-state index < -0.39 is 34.3 Å². The Balaban J connectivity index is 1.94. The van der Waals surface area contributed by atoms with E-state index in [1.54, 1.807) is 6.92 Å². The number of thioether (sulfide) groups is 1. The number of carbonyl (C=O) groups is 1. The van der Waals surface area contributed by atoms with E-state index in [2.05, 4.69) is 5.10 Å². The van der Waals surface area contributed by atoms with Crippen molar-refractivity contribution < 1.29 is 27.4 Å². The molecule has 2 aromatic carbocycles. The summed E-state index contributed by atoms with van der Waals surface area (Å²) in [6, 6.07) is 7.20. The van der Waals surface area contributed by atoms with Crippen LogP contribution in [0, 0.1) is 23.4 Å². The molecule has 0 aliphatic carbocycles. The SMILES string of the molecule is CCC[C@H]1COc2ccc(F)cc2[C@]12SC(c1cc(F)ccc1F)=NN2C(=O)[C@@H](C)OC. The van der Waals surface area contributed by atoms with Gasteiger partial charge < -0.3 is 9.47 Å². The minimum absolute atomic E-state index is 0.0607. The van der Waals surface area contributed by atoms with Gasteiger partial charge in [0.25, 0.3) is 5.91 Å². The van der Waals surface area contributed by atoms with Gasteiger partial charge in [-0.1, -0.05) is 25.1 Å². The fourth-order valence-electron chi connectivity index (χ4n) is 4.12. The molecule has 0 aromatic heterocycles. The van der Waals surface area contributed by atoms with Gasteiger partial charge in [0.2, 0.25) is 0 Å². The third-order valence-electron chi connectivity index (χ3n) is 5.78. The van der Waals surface area contributed by atoms with Crippen molar-refractivity contribution in [3.05, 3.63) is 65.0 Å². The lowest BCUT2D eigenvalue weighted by Gasteiger charge is -2.45. The highest BCUT2D eigenvalue weighted by atomic mass is 32.2. The van der Waals surface area contributed by atoms with Crippen LogP contribution < -0.4 is 4.74 Å². The molecule has 3 atom stereocenters. The fraction of sp³-hybridized carbons (Fsp3) is 0.391. The number of amides is 1. The fourth-order valence-corrected chi connectivity index (χ4v) is 5.64. The highest BCUT2D eigenvalue weighted by Gasteiger charge is 2.57. The molecule has 1 amide bonds. The maximum Gasteiger partial charge on any atom is 0.273 e. The first-order chi connectivity index (χ1) is 15.3. The molecular formula is C23H23F3N2O3S. The quantitative estimate of drug-likeness (QED) is 0.622. The maximum atomic E-state index is 14.7. The topological polar surface area (TPSA) is 51.1 Å². The molecule has 4 rings (SSSR count). The molecule has 0 bridgehead atoms. The van der Waals surface area contributed by atoms with Gasteiger partial charge >= 0.3 is 0 Å². The van der Waals surface area contributed by atoms with Gasteiger partial charge in [-0.3, -0.25) is 4.79 Å². The average molecular weight is 465 g/mol. The molecule has 32 heavy (non-hydrogen) atoms. The number of halogens is 3. The van der Waals surface area contributed by atoms with Crippen molar-refractivity contribution in [1.82, 2.24) is 5.01 Å². The molecule has 0 unspecified atom stereocenters. The number of hydrogen-bond acceptors (Lipinski definition) is 5. The summed E-state index contributed by atoms with van der Waals surface area (Å²) in [7, 11) is 1.40. The highest BCUT2D eigenvalue weighted by Crippen LogP contribution is 2.58. The Morgan fingerprint density at radius 1 is 1.28 bits per heavy atom. The largest absolute Gasteiger partial charge is 0.493 e. The van der Waals surface area contributed by atoms with Gasteiger partial charge in [0.05, 0.1) is 6.61 Å². The third-order valence-corrected chi connectivity index (χ3v) is 7.32. The standard InChI is InChI=1S/C23H23F3N2O3S/c1-4-5-14-12-31-20-9-7-16(25)11-18(20)23(14)28(22(29)13(2)30-3)27-21(32-23)17-10-15(24)6-8-19(17)26/h6-11,13-14H,4-5,12H2,1-3H3/t13-,14+,23-/m1/s1.